The average Bonchev–Trinajstić information content (AvgIpc) is 2.06. The van der Waals surface area contributed by atoms with Gasteiger partial charge in [0.15, 0.2) is 0 Å². The lowest BCUT2D eigenvalue weighted by Crippen LogP contribution is -2.14. The van der Waals surface area contributed by atoms with Crippen LogP contribution in [0, 0.1) is 6.07 Å². The number of rotatable bonds is 2. The molecule has 59 valence electrons. The normalized spacial score (nSPS) is 11.5. The van der Waals surface area contributed by atoms with Gasteiger partial charge in [-0.2, -0.15) is 0 Å². The first-order valence-electron chi connectivity index (χ1n) is 4.13. The Labute approximate surface area is 70.7 Å². The highest BCUT2D eigenvalue weighted by Crippen LogP contribution is 2.25. The van der Waals surface area contributed by atoms with E-state index in [4.69, 9.17) is 0 Å². The van der Waals surface area contributed by atoms with Gasteiger partial charge in [-0.1, -0.05) is 45.0 Å². The number of hydrogen-bond acceptors (Lipinski definition) is 0. The molecule has 1 aromatic rings. The lowest BCUT2D eigenvalue weighted by Gasteiger charge is -2.22. The fraction of sp³-hybridized carbons (Fsp3) is 0.455. The van der Waals surface area contributed by atoms with Gasteiger partial charge >= 0.3 is 1.43 Å². The van der Waals surface area contributed by atoms with Crippen LogP contribution >= 0.6 is 0 Å². The molecule has 0 atom stereocenters. The minimum Gasteiger partial charge on any atom is -0.0646 e. The first-order valence-corrected chi connectivity index (χ1v) is 4.13. The first-order chi connectivity index (χ1) is 5.17. The van der Waals surface area contributed by atoms with E-state index in [0.717, 1.165) is 0 Å². The Bertz CT molecular complexity index is 214. The van der Waals surface area contributed by atoms with Crippen molar-refractivity contribution in [2.75, 3.05) is 0 Å². The molecule has 0 saturated heterocycles. The van der Waals surface area contributed by atoms with Crippen molar-refractivity contribution in [3.63, 3.8) is 0 Å². The largest absolute Gasteiger partial charge is 1.00 e. The topological polar surface area (TPSA) is 0 Å². The summed E-state index contributed by atoms with van der Waals surface area (Å²) < 4.78 is 0. The molecular formula is C11H16+. The van der Waals surface area contributed by atoms with Crippen molar-refractivity contribution in [3.8, 4) is 0 Å². The van der Waals surface area contributed by atoms with Crippen LogP contribution < -0.4 is 0 Å². The summed E-state index contributed by atoms with van der Waals surface area (Å²) in [6.45, 7) is 6.75. The maximum atomic E-state index is 3.03. The zero-order valence-corrected chi connectivity index (χ0v) is 7.52. The molecule has 11 heavy (non-hydrogen) atoms. The van der Waals surface area contributed by atoms with Crippen molar-refractivity contribution in [1.82, 2.24) is 0 Å². The maximum absolute atomic E-state index is 3.03. The van der Waals surface area contributed by atoms with Crippen LogP contribution in [0.1, 0.15) is 34.2 Å². The van der Waals surface area contributed by atoms with Crippen LogP contribution in [0.5, 0.6) is 0 Å². The second-order valence-corrected chi connectivity index (χ2v) is 3.53. The van der Waals surface area contributed by atoms with E-state index in [1.807, 2.05) is 12.1 Å². The van der Waals surface area contributed by atoms with E-state index in [2.05, 4.69) is 39.0 Å². The van der Waals surface area contributed by atoms with Gasteiger partial charge in [0.2, 0.25) is 0 Å². The lowest BCUT2D eigenvalue weighted by atomic mass is 9.82. The minimum atomic E-state index is 0. The summed E-state index contributed by atoms with van der Waals surface area (Å²) in [6, 6.07) is 11.3. The molecule has 1 rings (SSSR count). The lowest BCUT2D eigenvalue weighted by molar-refractivity contribution is 0.506. The smallest absolute Gasteiger partial charge is 0.0646 e. The summed E-state index contributed by atoms with van der Waals surface area (Å²) in [5, 5.41) is 0. The van der Waals surface area contributed by atoms with Crippen molar-refractivity contribution in [2.45, 2.75) is 32.6 Å². The molecule has 0 heterocycles. The predicted octanol–water partition coefficient (Wildman–Crippen LogP) is 3.29. The summed E-state index contributed by atoms with van der Waals surface area (Å²) >= 11 is 0. The third kappa shape index (κ3) is 1.83. The molecule has 0 bridgehead atoms. The van der Waals surface area contributed by atoms with Crippen molar-refractivity contribution in [1.29, 1.82) is 0 Å². The van der Waals surface area contributed by atoms with Gasteiger partial charge < -0.3 is 0 Å². The second kappa shape index (κ2) is 3.08. The molecule has 1 aromatic carbocycles. The van der Waals surface area contributed by atoms with Crippen LogP contribution in [0.4, 0.5) is 0 Å². The number of hydrogen-bond donors (Lipinski definition) is 0. The van der Waals surface area contributed by atoms with Crippen LogP contribution in [0.15, 0.2) is 24.3 Å². The van der Waals surface area contributed by atoms with Crippen molar-refractivity contribution in [2.24, 2.45) is 0 Å². The predicted molar refractivity (Wildman–Crippen MR) is 49.7 cm³/mol. The molecule has 0 nitrogen and oxygen atoms in total. The number of benzene rings is 1. The first kappa shape index (κ1) is 8.32. The Morgan fingerprint density at radius 3 is 2.36 bits per heavy atom. The Morgan fingerprint density at radius 1 is 1.36 bits per heavy atom. The van der Waals surface area contributed by atoms with E-state index in [0.29, 0.717) is 5.41 Å². The molecule has 0 amide bonds. The van der Waals surface area contributed by atoms with Crippen molar-refractivity contribution >= 4 is 0 Å². The third-order valence-electron chi connectivity index (χ3n) is 2.38. The van der Waals surface area contributed by atoms with E-state index in [9.17, 15) is 0 Å². The molecule has 0 unspecified atom stereocenters. The van der Waals surface area contributed by atoms with Crippen LogP contribution in [-0.2, 0) is 5.41 Å². The van der Waals surface area contributed by atoms with Crippen LogP contribution in [0.2, 0.25) is 0 Å². The van der Waals surface area contributed by atoms with Gasteiger partial charge in [0.05, 0.1) is 0 Å². The summed E-state index contributed by atoms with van der Waals surface area (Å²) in [4.78, 5) is 0. The molecular weight excluding hydrogens is 132 g/mol. The monoisotopic (exact) mass is 148 g/mol. The highest BCUT2D eigenvalue weighted by molar-refractivity contribution is 5.22. The van der Waals surface area contributed by atoms with Crippen LogP contribution in [0.3, 0.4) is 0 Å². The SMILES string of the molecule is CCC(C)(C)c1cc[c]cc1.[H+]. The fourth-order valence-electron chi connectivity index (χ4n) is 1.04. The molecule has 0 aliphatic heterocycles. The van der Waals surface area contributed by atoms with E-state index in [1.165, 1.54) is 12.0 Å². The van der Waals surface area contributed by atoms with E-state index in [-0.39, 0.29) is 1.43 Å². The summed E-state index contributed by atoms with van der Waals surface area (Å²) in [5.41, 5.74) is 1.72. The fourth-order valence-corrected chi connectivity index (χ4v) is 1.04. The molecule has 0 spiro atoms. The zero-order valence-electron chi connectivity index (χ0n) is 8.52. The minimum absolute atomic E-state index is 0. The molecule has 0 heteroatoms. The quantitative estimate of drug-likeness (QED) is 0.603. The van der Waals surface area contributed by atoms with E-state index >= 15 is 0 Å². The van der Waals surface area contributed by atoms with Gasteiger partial charge in [0.25, 0.3) is 0 Å². The Kier molecular flexibility index (Phi) is 2.33. The molecule has 0 saturated carbocycles. The van der Waals surface area contributed by atoms with Gasteiger partial charge in [-0.25, -0.2) is 0 Å². The Morgan fingerprint density at radius 2 is 1.91 bits per heavy atom. The van der Waals surface area contributed by atoms with Crippen LogP contribution in [-0.4, -0.2) is 0 Å². The molecule has 0 N–H and O–H groups in total. The average molecular weight is 148 g/mol. The van der Waals surface area contributed by atoms with Gasteiger partial charge in [-0.15, -0.1) is 0 Å². The summed E-state index contributed by atoms with van der Waals surface area (Å²) in [5.74, 6) is 0. The molecule has 0 aromatic heterocycles. The molecule has 0 aliphatic carbocycles. The maximum Gasteiger partial charge on any atom is 1.00 e. The Hall–Kier alpha value is -0.780. The molecule has 0 aliphatic rings. The molecule has 0 fully saturated rings. The third-order valence-corrected chi connectivity index (χ3v) is 2.38. The van der Waals surface area contributed by atoms with Gasteiger partial charge in [-0.05, 0) is 23.5 Å². The van der Waals surface area contributed by atoms with Gasteiger partial charge in [0, 0.05) is 0 Å². The highest BCUT2D eigenvalue weighted by Gasteiger charge is 2.16. The zero-order chi connectivity index (χ0) is 8.32. The Balaban J connectivity index is 0.00000121. The second-order valence-electron chi connectivity index (χ2n) is 3.53. The van der Waals surface area contributed by atoms with Gasteiger partial charge in [-0.3, -0.25) is 0 Å². The van der Waals surface area contributed by atoms with Crippen molar-refractivity contribution < 1.29 is 1.43 Å². The summed E-state index contributed by atoms with van der Waals surface area (Å²) in [7, 11) is 0. The summed E-state index contributed by atoms with van der Waals surface area (Å²) in [6.07, 6.45) is 1.18. The van der Waals surface area contributed by atoms with E-state index < -0.39 is 0 Å². The van der Waals surface area contributed by atoms with Gasteiger partial charge in [0.1, 0.15) is 0 Å². The van der Waals surface area contributed by atoms with Crippen LogP contribution in [0.25, 0.3) is 0 Å². The van der Waals surface area contributed by atoms with E-state index in [1.54, 1.807) is 0 Å². The standard InChI is InChI=1S/C11H15/c1-4-11(2,3)10-8-6-5-7-9-10/h6-9H,4H2,1-3H3/p+1. The molecule has 1 radical (unpaired) electrons. The highest BCUT2D eigenvalue weighted by atomic mass is 14.2. The van der Waals surface area contributed by atoms with Crippen molar-refractivity contribution in [3.05, 3.63) is 35.9 Å².